The molecular formula is C17H12FN5O. The van der Waals surface area contributed by atoms with Crippen LogP contribution in [0.3, 0.4) is 0 Å². The minimum absolute atomic E-state index is 0.151. The minimum atomic E-state index is -0.281. The SMILES string of the molecule is O=c1c(-c2nn[nH]n2)cn(Cc2ccc(F)cc2)c2ccccc12. The lowest BCUT2D eigenvalue weighted by Gasteiger charge is -2.12. The Morgan fingerprint density at radius 2 is 1.88 bits per heavy atom. The van der Waals surface area contributed by atoms with Gasteiger partial charge in [-0.25, -0.2) is 4.39 Å². The van der Waals surface area contributed by atoms with Gasteiger partial charge in [-0.05, 0) is 35.0 Å². The minimum Gasteiger partial charge on any atom is -0.342 e. The molecule has 0 saturated carbocycles. The van der Waals surface area contributed by atoms with Crippen molar-refractivity contribution in [2.24, 2.45) is 0 Å². The van der Waals surface area contributed by atoms with Crippen molar-refractivity contribution in [2.45, 2.75) is 6.54 Å². The fourth-order valence-corrected chi connectivity index (χ4v) is 2.70. The first-order valence-electron chi connectivity index (χ1n) is 7.33. The second-order valence-corrected chi connectivity index (χ2v) is 5.38. The van der Waals surface area contributed by atoms with Crippen LogP contribution in [-0.2, 0) is 6.54 Å². The Labute approximate surface area is 135 Å². The van der Waals surface area contributed by atoms with Crippen LogP contribution in [-0.4, -0.2) is 25.2 Å². The molecule has 0 radical (unpaired) electrons. The maximum Gasteiger partial charge on any atom is 0.210 e. The van der Waals surface area contributed by atoms with Gasteiger partial charge in [0.1, 0.15) is 5.82 Å². The highest BCUT2D eigenvalue weighted by Crippen LogP contribution is 2.18. The van der Waals surface area contributed by atoms with Crippen molar-refractivity contribution in [1.82, 2.24) is 25.2 Å². The van der Waals surface area contributed by atoms with Crippen LogP contribution in [0.1, 0.15) is 5.56 Å². The van der Waals surface area contributed by atoms with Crippen LogP contribution in [0, 0.1) is 5.82 Å². The van der Waals surface area contributed by atoms with Crippen LogP contribution in [0.4, 0.5) is 4.39 Å². The number of rotatable bonds is 3. The molecule has 4 rings (SSSR count). The molecule has 2 heterocycles. The first-order valence-corrected chi connectivity index (χ1v) is 7.33. The summed E-state index contributed by atoms with van der Waals surface area (Å²) in [6, 6.07) is 13.6. The van der Waals surface area contributed by atoms with Gasteiger partial charge in [-0.3, -0.25) is 4.79 Å². The van der Waals surface area contributed by atoms with E-state index in [-0.39, 0.29) is 17.1 Å². The molecular weight excluding hydrogens is 309 g/mol. The number of nitrogens with zero attached hydrogens (tertiary/aromatic N) is 4. The third kappa shape index (κ3) is 2.45. The number of aromatic nitrogens is 5. The van der Waals surface area contributed by atoms with E-state index in [1.807, 2.05) is 22.8 Å². The molecule has 0 atom stereocenters. The fourth-order valence-electron chi connectivity index (χ4n) is 2.70. The summed E-state index contributed by atoms with van der Waals surface area (Å²) in [5.41, 5.74) is 1.93. The molecule has 6 nitrogen and oxygen atoms in total. The van der Waals surface area contributed by atoms with Gasteiger partial charge in [0.2, 0.25) is 11.3 Å². The zero-order chi connectivity index (χ0) is 16.5. The van der Waals surface area contributed by atoms with E-state index in [1.165, 1.54) is 12.1 Å². The van der Waals surface area contributed by atoms with Gasteiger partial charge in [0.15, 0.2) is 0 Å². The average Bonchev–Trinajstić information content (AvgIpc) is 3.14. The van der Waals surface area contributed by atoms with Gasteiger partial charge < -0.3 is 4.57 Å². The molecule has 0 bridgehead atoms. The molecule has 0 amide bonds. The van der Waals surface area contributed by atoms with Gasteiger partial charge in [-0.2, -0.15) is 5.21 Å². The maximum atomic E-state index is 13.1. The van der Waals surface area contributed by atoms with E-state index in [0.29, 0.717) is 17.5 Å². The van der Waals surface area contributed by atoms with Gasteiger partial charge >= 0.3 is 0 Å². The van der Waals surface area contributed by atoms with Crippen molar-refractivity contribution in [2.75, 3.05) is 0 Å². The average molecular weight is 321 g/mol. The molecule has 1 N–H and O–H groups in total. The second kappa shape index (κ2) is 5.69. The van der Waals surface area contributed by atoms with E-state index in [4.69, 9.17) is 0 Å². The topological polar surface area (TPSA) is 76.5 Å². The Bertz CT molecular complexity index is 1050. The summed E-state index contributed by atoms with van der Waals surface area (Å²) >= 11 is 0. The number of hydrogen-bond acceptors (Lipinski definition) is 4. The monoisotopic (exact) mass is 321 g/mol. The number of hydrogen-bond donors (Lipinski definition) is 1. The summed E-state index contributed by atoms with van der Waals surface area (Å²) in [5, 5.41) is 14.3. The van der Waals surface area contributed by atoms with Crippen LogP contribution >= 0.6 is 0 Å². The molecule has 4 aromatic rings. The van der Waals surface area contributed by atoms with Gasteiger partial charge in [0.25, 0.3) is 0 Å². The molecule has 0 saturated heterocycles. The molecule has 0 aliphatic heterocycles. The van der Waals surface area contributed by atoms with Crippen LogP contribution < -0.4 is 5.43 Å². The van der Waals surface area contributed by atoms with Crippen LogP contribution in [0.15, 0.2) is 59.5 Å². The summed E-state index contributed by atoms with van der Waals surface area (Å²) in [6.07, 6.45) is 1.71. The first-order chi connectivity index (χ1) is 11.7. The summed E-state index contributed by atoms with van der Waals surface area (Å²) in [7, 11) is 0. The second-order valence-electron chi connectivity index (χ2n) is 5.38. The number of halogens is 1. The molecule has 0 aliphatic carbocycles. The van der Waals surface area contributed by atoms with Crippen LogP contribution in [0.25, 0.3) is 22.3 Å². The normalized spacial score (nSPS) is 11.0. The molecule has 118 valence electrons. The Morgan fingerprint density at radius 1 is 1.08 bits per heavy atom. The van der Waals surface area contributed by atoms with Crippen molar-refractivity contribution in [3.63, 3.8) is 0 Å². The molecule has 0 unspecified atom stereocenters. The predicted octanol–water partition coefficient (Wildman–Crippen LogP) is 2.37. The Morgan fingerprint density at radius 3 is 2.62 bits per heavy atom. The predicted molar refractivity (Wildman–Crippen MR) is 86.9 cm³/mol. The zero-order valence-corrected chi connectivity index (χ0v) is 12.5. The van der Waals surface area contributed by atoms with Gasteiger partial charge in [-0.1, -0.05) is 24.3 Å². The molecule has 0 spiro atoms. The highest BCUT2D eigenvalue weighted by Gasteiger charge is 2.13. The number of benzene rings is 2. The van der Waals surface area contributed by atoms with Crippen molar-refractivity contribution in [3.05, 3.63) is 76.3 Å². The number of tetrazole rings is 1. The third-order valence-corrected chi connectivity index (χ3v) is 3.84. The van der Waals surface area contributed by atoms with E-state index in [2.05, 4.69) is 20.6 Å². The Hall–Kier alpha value is -3.35. The molecule has 0 aliphatic rings. The summed E-state index contributed by atoms with van der Waals surface area (Å²) in [4.78, 5) is 12.7. The molecule has 2 aromatic carbocycles. The number of nitrogens with one attached hydrogen (secondary N) is 1. The Kier molecular flexibility index (Phi) is 3.38. The van der Waals surface area contributed by atoms with Crippen molar-refractivity contribution < 1.29 is 4.39 Å². The summed E-state index contributed by atoms with van der Waals surface area (Å²) < 4.78 is 15.0. The fraction of sp³-hybridized carbons (Fsp3) is 0.0588. The Balaban J connectivity index is 1.92. The lowest BCUT2D eigenvalue weighted by atomic mass is 10.1. The number of H-pyrrole nitrogens is 1. The van der Waals surface area contributed by atoms with E-state index in [9.17, 15) is 9.18 Å². The summed E-state index contributed by atoms with van der Waals surface area (Å²) in [5.74, 6) is -0.0328. The van der Waals surface area contributed by atoms with E-state index < -0.39 is 0 Å². The van der Waals surface area contributed by atoms with Crippen LogP contribution in [0.5, 0.6) is 0 Å². The van der Waals surface area contributed by atoms with Crippen molar-refractivity contribution >= 4 is 10.9 Å². The highest BCUT2D eigenvalue weighted by molar-refractivity contribution is 5.82. The third-order valence-electron chi connectivity index (χ3n) is 3.84. The standard InChI is InChI=1S/C17H12FN5O/c18-12-7-5-11(6-8-12)9-23-10-14(17-19-21-22-20-17)16(24)13-3-1-2-4-15(13)23/h1-8,10H,9H2,(H,19,20,21,22). The molecule has 24 heavy (non-hydrogen) atoms. The van der Waals surface area contributed by atoms with Gasteiger partial charge in [-0.15, -0.1) is 10.2 Å². The number of pyridine rings is 1. The summed E-state index contributed by atoms with van der Waals surface area (Å²) in [6.45, 7) is 0.492. The molecule has 0 fully saturated rings. The van der Waals surface area contributed by atoms with Gasteiger partial charge in [0, 0.05) is 18.1 Å². The van der Waals surface area contributed by atoms with E-state index in [0.717, 1.165) is 11.1 Å². The largest absolute Gasteiger partial charge is 0.342 e. The number of aromatic amines is 1. The smallest absolute Gasteiger partial charge is 0.210 e. The number of fused-ring (bicyclic) bond motifs is 1. The molecule has 2 aromatic heterocycles. The zero-order valence-electron chi connectivity index (χ0n) is 12.5. The lowest BCUT2D eigenvalue weighted by molar-refractivity contribution is 0.626. The van der Waals surface area contributed by atoms with E-state index in [1.54, 1.807) is 24.4 Å². The van der Waals surface area contributed by atoms with Crippen LogP contribution in [0.2, 0.25) is 0 Å². The van der Waals surface area contributed by atoms with E-state index >= 15 is 0 Å². The maximum absolute atomic E-state index is 13.1. The highest BCUT2D eigenvalue weighted by atomic mass is 19.1. The first kappa shape index (κ1) is 14.3. The number of para-hydroxylation sites is 1. The molecule has 7 heteroatoms. The quantitative estimate of drug-likeness (QED) is 0.628. The van der Waals surface area contributed by atoms with Crippen molar-refractivity contribution in [3.8, 4) is 11.4 Å². The van der Waals surface area contributed by atoms with Crippen molar-refractivity contribution in [1.29, 1.82) is 0 Å². The van der Waals surface area contributed by atoms with Gasteiger partial charge in [0.05, 0.1) is 11.1 Å². The lowest BCUT2D eigenvalue weighted by Crippen LogP contribution is -2.13.